The number of nitrogens with one attached hydrogen (secondary N) is 1. The molecule has 3 rings (SSSR count). The smallest absolute Gasteiger partial charge is 0.192 e. The minimum Gasteiger partial charge on any atom is -0.441 e. The predicted molar refractivity (Wildman–Crippen MR) is 69.2 cm³/mol. The van der Waals surface area contributed by atoms with Gasteiger partial charge in [0, 0.05) is 18.7 Å². The number of fused-ring (bicyclic) bond motifs is 1. The highest BCUT2D eigenvalue weighted by Crippen LogP contribution is 2.29. The van der Waals surface area contributed by atoms with Crippen LogP contribution >= 0.6 is 0 Å². The van der Waals surface area contributed by atoms with E-state index in [0.29, 0.717) is 6.04 Å². The average molecular weight is 230 g/mol. The number of benzene rings is 1. The number of nitrogens with zero attached hydrogens (tertiary/aromatic N) is 1. The highest BCUT2D eigenvalue weighted by Gasteiger charge is 2.22. The quantitative estimate of drug-likeness (QED) is 0.854. The van der Waals surface area contributed by atoms with Crippen molar-refractivity contribution in [1.29, 1.82) is 0 Å². The lowest BCUT2D eigenvalue weighted by molar-refractivity contribution is 0.556. The van der Waals surface area contributed by atoms with E-state index in [0.717, 1.165) is 28.6 Å². The number of rotatable bonds is 2. The van der Waals surface area contributed by atoms with Gasteiger partial charge in [0.25, 0.3) is 0 Å². The molecule has 1 aliphatic rings. The molecule has 0 bridgehead atoms. The van der Waals surface area contributed by atoms with Gasteiger partial charge >= 0.3 is 0 Å². The Kier molecular flexibility index (Phi) is 2.54. The molecule has 3 nitrogen and oxygen atoms in total. The number of aromatic nitrogens is 1. The molecule has 0 spiro atoms. The first kappa shape index (κ1) is 10.6. The van der Waals surface area contributed by atoms with Crippen molar-refractivity contribution in [3.05, 3.63) is 24.1 Å². The van der Waals surface area contributed by atoms with E-state index in [1.54, 1.807) is 0 Å². The molecule has 0 amide bonds. The van der Waals surface area contributed by atoms with Crippen LogP contribution in [-0.2, 0) is 0 Å². The molecule has 1 N–H and O–H groups in total. The van der Waals surface area contributed by atoms with Gasteiger partial charge in [-0.3, -0.25) is 0 Å². The highest BCUT2D eigenvalue weighted by molar-refractivity contribution is 5.77. The standard InChI is InChI=1S/C14H18N2O/c1-9-4-3-5-12(9)16-11-6-7-14-13(8-11)15-10(2)17-14/h6-9,12,16H,3-5H2,1-2H3. The summed E-state index contributed by atoms with van der Waals surface area (Å²) in [6.45, 7) is 4.20. The van der Waals surface area contributed by atoms with Gasteiger partial charge < -0.3 is 9.73 Å². The minimum atomic E-state index is 0.612. The van der Waals surface area contributed by atoms with Gasteiger partial charge in [-0.2, -0.15) is 0 Å². The molecule has 1 heterocycles. The fourth-order valence-electron chi connectivity index (χ4n) is 2.71. The van der Waals surface area contributed by atoms with Crippen LogP contribution in [0.2, 0.25) is 0 Å². The third kappa shape index (κ3) is 2.02. The molecule has 0 aliphatic heterocycles. The Balaban J connectivity index is 1.85. The van der Waals surface area contributed by atoms with Gasteiger partial charge in [0.1, 0.15) is 5.52 Å². The maximum absolute atomic E-state index is 5.48. The van der Waals surface area contributed by atoms with Crippen LogP contribution in [0, 0.1) is 12.8 Å². The van der Waals surface area contributed by atoms with Gasteiger partial charge in [-0.25, -0.2) is 4.98 Å². The first-order valence-corrected chi connectivity index (χ1v) is 6.36. The first-order chi connectivity index (χ1) is 8.22. The molecule has 1 saturated carbocycles. The van der Waals surface area contributed by atoms with E-state index >= 15 is 0 Å². The summed E-state index contributed by atoms with van der Waals surface area (Å²) < 4.78 is 5.48. The summed E-state index contributed by atoms with van der Waals surface area (Å²) in [7, 11) is 0. The van der Waals surface area contributed by atoms with Gasteiger partial charge in [-0.05, 0) is 37.0 Å². The lowest BCUT2D eigenvalue weighted by Gasteiger charge is -2.18. The summed E-state index contributed by atoms with van der Waals surface area (Å²) >= 11 is 0. The maximum Gasteiger partial charge on any atom is 0.192 e. The van der Waals surface area contributed by atoms with Gasteiger partial charge in [-0.15, -0.1) is 0 Å². The van der Waals surface area contributed by atoms with Crippen LogP contribution in [-0.4, -0.2) is 11.0 Å². The molecule has 3 heteroatoms. The predicted octanol–water partition coefficient (Wildman–Crippen LogP) is 3.74. The van der Waals surface area contributed by atoms with E-state index in [9.17, 15) is 0 Å². The molecule has 1 fully saturated rings. The number of hydrogen-bond donors (Lipinski definition) is 1. The zero-order valence-electron chi connectivity index (χ0n) is 10.4. The van der Waals surface area contributed by atoms with Crippen molar-refractivity contribution < 1.29 is 4.42 Å². The molecule has 90 valence electrons. The second-order valence-electron chi connectivity index (χ2n) is 5.07. The molecular weight excluding hydrogens is 212 g/mol. The van der Waals surface area contributed by atoms with Crippen molar-refractivity contribution >= 4 is 16.8 Å². The summed E-state index contributed by atoms with van der Waals surface area (Å²) in [4.78, 5) is 4.36. The fourth-order valence-corrected chi connectivity index (χ4v) is 2.71. The van der Waals surface area contributed by atoms with Crippen molar-refractivity contribution in [2.24, 2.45) is 5.92 Å². The summed E-state index contributed by atoms with van der Waals surface area (Å²) in [5, 5.41) is 3.61. The summed E-state index contributed by atoms with van der Waals surface area (Å²) in [5.74, 6) is 1.50. The average Bonchev–Trinajstić information content (AvgIpc) is 2.84. The number of oxazole rings is 1. The van der Waals surface area contributed by atoms with Crippen LogP contribution in [0.1, 0.15) is 32.1 Å². The monoisotopic (exact) mass is 230 g/mol. The second-order valence-corrected chi connectivity index (χ2v) is 5.07. The van der Waals surface area contributed by atoms with Crippen LogP contribution in [0.4, 0.5) is 5.69 Å². The molecule has 1 aromatic carbocycles. The third-order valence-electron chi connectivity index (χ3n) is 3.71. The summed E-state index contributed by atoms with van der Waals surface area (Å²) in [6.07, 6.45) is 3.95. The molecule has 1 aliphatic carbocycles. The zero-order valence-corrected chi connectivity index (χ0v) is 10.4. The Morgan fingerprint density at radius 1 is 1.35 bits per heavy atom. The van der Waals surface area contributed by atoms with Gasteiger partial charge in [-0.1, -0.05) is 13.3 Å². The van der Waals surface area contributed by atoms with Gasteiger partial charge in [0.15, 0.2) is 11.5 Å². The Bertz CT molecular complexity index is 532. The van der Waals surface area contributed by atoms with Crippen LogP contribution in [0.3, 0.4) is 0 Å². The first-order valence-electron chi connectivity index (χ1n) is 6.36. The largest absolute Gasteiger partial charge is 0.441 e. The molecule has 0 saturated heterocycles. The van der Waals surface area contributed by atoms with Gasteiger partial charge in [0.05, 0.1) is 0 Å². The molecule has 2 unspecified atom stereocenters. The van der Waals surface area contributed by atoms with Crippen molar-refractivity contribution in [1.82, 2.24) is 4.98 Å². The Labute approximate surface area is 101 Å². The highest BCUT2D eigenvalue weighted by atomic mass is 16.3. The normalized spacial score (nSPS) is 24.4. The summed E-state index contributed by atoms with van der Waals surface area (Å²) in [5.41, 5.74) is 2.97. The molecule has 2 atom stereocenters. The fraction of sp³-hybridized carbons (Fsp3) is 0.500. The number of anilines is 1. The Morgan fingerprint density at radius 3 is 3.00 bits per heavy atom. The van der Waals surface area contributed by atoms with Crippen LogP contribution < -0.4 is 5.32 Å². The minimum absolute atomic E-state index is 0.612. The lowest BCUT2D eigenvalue weighted by Crippen LogP contribution is -2.21. The topological polar surface area (TPSA) is 38.1 Å². The maximum atomic E-state index is 5.48. The van der Waals surface area contributed by atoms with E-state index < -0.39 is 0 Å². The van der Waals surface area contributed by atoms with E-state index in [1.807, 2.05) is 13.0 Å². The SMILES string of the molecule is Cc1nc2cc(NC3CCCC3C)ccc2o1. The van der Waals surface area contributed by atoms with Crippen LogP contribution in [0.25, 0.3) is 11.1 Å². The number of hydrogen-bond acceptors (Lipinski definition) is 3. The molecule has 1 aromatic heterocycles. The third-order valence-corrected chi connectivity index (χ3v) is 3.71. The van der Waals surface area contributed by atoms with Crippen LogP contribution in [0.15, 0.2) is 22.6 Å². The van der Waals surface area contributed by atoms with Crippen molar-refractivity contribution in [2.45, 2.75) is 39.2 Å². The van der Waals surface area contributed by atoms with E-state index in [2.05, 4.69) is 29.4 Å². The van der Waals surface area contributed by atoms with Crippen molar-refractivity contribution in [2.75, 3.05) is 5.32 Å². The second kappa shape index (κ2) is 4.06. The van der Waals surface area contributed by atoms with E-state index in [4.69, 9.17) is 4.42 Å². The van der Waals surface area contributed by atoms with E-state index in [-0.39, 0.29) is 0 Å². The van der Waals surface area contributed by atoms with E-state index in [1.165, 1.54) is 19.3 Å². The van der Waals surface area contributed by atoms with Crippen molar-refractivity contribution in [3.63, 3.8) is 0 Å². The lowest BCUT2D eigenvalue weighted by atomic mass is 10.1. The molecule has 2 aromatic rings. The molecular formula is C14H18N2O. The van der Waals surface area contributed by atoms with Crippen LogP contribution in [0.5, 0.6) is 0 Å². The number of aryl methyl sites for hydroxylation is 1. The Morgan fingerprint density at radius 2 is 2.24 bits per heavy atom. The Hall–Kier alpha value is -1.51. The zero-order chi connectivity index (χ0) is 11.8. The summed E-state index contributed by atoms with van der Waals surface area (Å²) in [6, 6.07) is 6.77. The van der Waals surface area contributed by atoms with Crippen molar-refractivity contribution in [3.8, 4) is 0 Å². The molecule has 0 radical (unpaired) electrons. The van der Waals surface area contributed by atoms with Gasteiger partial charge in [0.2, 0.25) is 0 Å². The molecule has 17 heavy (non-hydrogen) atoms.